The minimum absolute atomic E-state index is 0.00793. The molecule has 0 aliphatic heterocycles. The van der Waals surface area contributed by atoms with E-state index >= 15 is 0 Å². The lowest BCUT2D eigenvalue weighted by Crippen LogP contribution is -2.28. The number of nitrogens with one attached hydrogen (secondary N) is 3. The second-order valence-corrected chi connectivity index (χ2v) is 17.3. The number of amides is 3. The fraction of sp³-hybridized carbons (Fsp3) is 0.390. The molecule has 3 amide bonds. The quantitative estimate of drug-likeness (QED) is 0.0186. The number of benzene rings is 5. The first-order chi connectivity index (χ1) is 36.5. The summed E-state index contributed by atoms with van der Waals surface area (Å²) in [5, 5.41) is 8.15. The fourth-order valence-electron chi connectivity index (χ4n) is 6.64. The predicted molar refractivity (Wildman–Crippen MR) is 294 cm³/mol. The normalized spacial score (nSPS) is 10.1. The number of nitrogens with two attached hydrogens (primary N) is 1. The molecule has 0 radical (unpaired) electrons. The summed E-state index contributed by atoms with van der Waals surface area (Å²) in [4.78, 5) is 67.2. The molecule has 0 unspecified atom stereocenters. The first kappa shape index (κ1) is 64.4. The molecule has 5 aromatic rings. The molecule has 16 heteroatoms. The number of unbranched alkanes of at least 4 members (excludes halogenated alkanes) is 6. The smallest absolute Gasteiger partial charge is 0.305 e. The molecule has 5 N–H and O–H groups in total. The van der Waals surface area contributed by atoms with Gasteiger partial charge in [-0.3, -0.25) is 28.8 Å². The number of ether oxygens (including phenoxy) is 5. The van der Waals surface area contributed by atoms with E-state index in [9.17, 15) is 28.8 Å². The van der Waals surface area contributed by atoms with Crippen LogP contribution in [0.4, 0.5) is 5.69 Å². The van der Waals surface area contributed by atoms with Gasteiger partial charge in [-0.2, -0.15) is 0 Å². The third kappa shape index (κ3) is 35.9. The van der Waals surface area contributed by atoms with Crippen LogP contribution in [-0.4, -0.2) is 88.6 Å². The molecule has 75 heavy (non-hydrogen) atoms. The van der Waals surface area contributed by atoms with Gasteiger partial charge in [0.25, 0.3) is 0 Å². The number of rotatable bonds is 31. The lowest BCUT2D eigenvalue weighted by Gasteiger charge is -2.08. The second-order valence-electron chi connectivity index (χ2n) is 16.9. The summed E-state index contributed by atoms with van der Waals surface area (Å²) in [5.74, 6) is -0.533. The number of anilines is 1. The largest absolute Gasteiger partial charge is 0.469 e. The van der Waals surface area contributed by atoms with Crippen molar-refractivity contribution in [2.24, 2.45) is 5.73 Å². The highest BCUT2D eigenvalue weighted by molar-refractivity contribution is 6.63. The van der Waals surface area contributed by atoms with Crippen molar-refractivity contribution in [1.29, 1.82) is 0 Å². The Morgan fingerprint density at radius 1 is 0.440 bits per heavy atom. The van der Waals surface area contributed by atoms with Gasteiger partial charge in [0.15, 0.2) is 0 Å². The van der Waals surface area contributed by atoms with Gasteiger partial charge in [0.05, 0.1) is 34.0 Å². The molecular formula is C59H77ClN4O11. The van der Waals surface area contributed by atoms with Gasteiger partial charge in [0.1, 0.15) is 19.8 Å². The van der Waals surface area contributed by atoms with Gasteiger partial charge < -0.3 is 45.4 Å². The average molecular weight is 1050 g/mol. The van der Waals surface area contributed by atoms with Gasteiger partial charge in [-0.25, -0.2) is 0 Å². The maximum Gasteiger partial charge on any atom is 0.305 e. The van der Waals surface area contributed by atoms with Crippen LogP contribution in [0.2, 0.25) is 0 Å². The summed E-state index contributed by atoms with van der Waals surface area (Å²) in [7, 11) is 2.79. The van der Waals surface area contributed by atoms with Crippen LogP contribution in [0.5, 0.6) is 0 Å². The number of methoxy groups -OCH3 is 2. The van der Waals surface area contributed by atoms with E-state index in [2.05, 4.69) is 37.6 Å². The zero-order chi connectivity index (χ0) is 54.4. The van der Waals surface area contributed by atoms with Crippen molar-refractivity contribution >= 4 is 52.2 Å². The molecule has 0 atom stereocenters. The van der Waals surface area contributed by atoms with Crippen LogP contribution >= 0.6 is 11.6 Å². The van der Waals surface area contributed by atoms with E-state index in [1.54, 1.807) is 0 Å². The third-order valence-electron chi connectivity index (χ3n) is 10.6. The third-order valence-corrected chi connectivity index (χ3v) is 10.7. The van der Waals surface area contributed by atoms with Gasteiger partial charge in [-0.05, 0) is 96.6 Å². The molecule has 15 nitrogen and oxygen atoms in total. The Balaban J connectivity index is 0.000000382. The van der Waals surface area contributed by atoms with E-state index < -0.39 is 5.24 Å². The number of hydrogen-bond donors (Lipinski definition) is 4. The van der Waals surface area contributed by atoms with Gasteiger partial charge in [0.2, 0.25) is 23.0 Å². The van der Waals surface area contributed by atoms with Crippen LogP contribution in [0.1, 0.15) is 93.7 Å². The number of carbonyl (C=O) groups excluding carboxylic acids is 6. The molecule has 0 aliphatic rings. The van der Waals surface area contributed by atoms with E-state index in [1.165, 1.54) is 14.2 Å². The van der Waals surface area contributed by atoms with Crippen LogP contribution in [0.25, 0.3) is 11.1 Å². The van der Waals surface area contributed by atoms with Crippen LogP contribution in [0.15, 0.2) is 146 Å². The van der Waals surface area contributed by atoms with Crippen LogP contribution in [0, 0.1) is 0 Å². The lowest BCUT2D eigenvalue weighted by atomic mass is 10.1. The molecule has 5 rings (SSSR count). The molecule has 0 aliphatic carbocycles. The minimum Gasteiger partial charge on any atom is -0.469 e. The van der Waals surface area contributed by atoms with Crippen molar-refractivity contribution in [1.82, 2.24) is 10.6 Å². The highest BCUT2D eigenvalue weighted by Crippen LogP contribution is 2.22. The van der Waals surface area contributed by atoms with Crippen molar-refractivity contribution in [2.45, 2.75) is 96.9 Å². The van der Waals surface area contributed by atoms with Gasteiger partial charge in [-0.1, -0.05) is 153 Å². The monoisotopic (exact) mass is 1050 g/mol. The number of halogens is 1. The number of hydrogen-bond acceptors (Lipinski definition) is 12. The Morgan fingerprint density at radius 3 is 1.27 bits per heavy atom. The molecule has 0 saturated heterocycles. The fourth-order valence-corrected chi connectivity index (χ4v) is 6.71. The van der Waals surface area contributed by atoms with Crippen molar-refractivity contribution in [3.8, 4) is 11.1 Å². The van der Waals surface area contributed by atoms with Gasteiger partial charge in [0, 0.05) is 38.0 Å². The Bertz CT molecular complexity index is 2290. The van der Waals surface area contributed by atoms with E-state index in [0.29, 0.717) is 58.7 Å². The van der Waals surface area contributed by atoms with Crippen LogP contribution in [-0.2, 0) is 72.3 Å². The molecule has 0 heterocycles. The molecule has 0 fully saturated rings. The van der Waals surface area contributed by atoms with Crippen molar-refractivity contribution in [2.75, 3.05) is 59.0 Å². The summed E-state index contributed by atoms with van der Waals surface area (Å²) < 4.78 is 24.8. The zero-order valence-corrected chi connectivity index (χ0v) is 44.4. The molecule has 5 aromatic carbocycles. The molecule has 0 saturated carbocycles. The Labute approximate surface area is 448 Å². The maximum atomic E-state index is 12.2. The second kappa shape index (κ2) is 43.6. The zero-order valence-electron chi connectivity index (χ0n) is 43.7. The Kier molecular flexibility index (Phi) is 37.4. The van der Waals surface area contributed by atoms with Gasteiger partial charge in [-0.15, -0.1) is 0 Å². The molecule has 0 spiro atoms. The lowest BCUT2D eigenvalue weighted by molar-refractivity contribution is -0.141. The summed E-state index contributed by atoms with van der Waals surface area (Å²) in [6, 6.07) is 47.1. The summed E-state index contributed by atoms with van der Waals surface area (Å²) >= 11 is 5.08. The van der Waals surface area contributed by atoms with E-state index in [-0.39, 0.29) is 49.5 Å². The molecule has 0 bridgehead atoms. The first-order valence-corrected chi connectivity index (χ1v) is 25.8. The van der Waals surface area contributed by atoms with Crippen molar-refractivity contribution in [3.05, 3.63) is 162 Å². The van der Waals surface area contributed by atoms with Gasteiger partial charge >= 0.3 is 11.9 Å². The van der Waals surface area contributed by atoms with E-state index in [1.807, 2.05) is 133 Å². The number of esters is 2. The highest BCUT2D eigenvalue weighted by atomic mass is 35.5. The predicted octanol–water partition coefficient (Wildman–Crippen LogP) is 9.89. The van der Waals surface area contributed by atoms with E-state index in [4.69, 9.17) is 31.5 Å². The summed E-state index contributed by atoms with van der Waals surface area (Å²) in [6.45, 7) is 3.29. The van der Waals surface area contributed by atoms with E-state index in [0.717, 1.165) is 91.3 Å². The average Bonchev–Trinajstić information content (AvgIpc) is 3.43. The minimum atomic E-state index is -0.467. The SMILES string of the molecule is COC(=O)CCCCCN.COC(=O)CCCCCNC(=O)COCc1ccccc1.O=C(COCc1ccccc1)NCCCCCC(=O)Nc1cccc(-c2ccccc2)c1.O=C(Cl)COCc1ccccc1. The summed E-state index contributed by atoms with van der Waals surface area (Å²) in [6.07, 6.45) is 9.35. The highest BCUT2D eigenvalue weighted by Gasteiger charge is 2.07. The van der Waals surface area contributed by atoms with Crippen molar-refractivity contribution < 1.29 is 52.5 Å². The van der Waals surface area contributed by atoms with Crippen LogP contribution < -0.4 is 21.7 Å². The Morgan fingerprint density at radius 2 is 0.840 bits per heavy atom. The first-order valence-electron chi connectivity index (χ1n) is 25.4. The molecular weight excluding hydrogens is 976 g/mol. The Hall–Kier alpha value is -6.75. The molecule has 0 aromatic heterocycles. The summed E-state index contributed by atoms with van der Waals surface area (Å²) in [5.41, 5.74) is 11.4. The van der Waals surface area contributed by atoms with Crippen LogP contribution in [0.3, 0.4) is 0 Å². The maximum absolute atomic E-state index is 12.2. The number of carbonyl (C=O) groups is 6. The topological polar surface area (TPSA) is 211 Å². The van der Waals surface area contributed by atoms with Crippen molar-refractivity contribution in [3.63, 3.8) is 0 Å². The molecule has 406 valence electrons. The standard InChI is InChI=1S/C27H30N2O3.C16H23NO4.C9H9ClO2.C7H15NO2/c30-26(29-25-16-10-15-24(19-25)23-13-6-2-7-14-23)17-8-3-9-18-28-27(31)21-32-20-22-11-4-1-5-12-22;1-20-16(19)10-6-3-7-11-17-15(18)13-21-12-14-8-4-2-5-9-14;10-9(11)7-12-6-8-4-2-1-3-5-8;1-10-7(9)5-3-2-4-6-8/h1-2,4-7,10-16,19H,3,8-9,17-18,20-21H2,(H,28,31)(H,29,30);2,4-5,8-9H,3,6-7,10-13H2,1H3,(H,17,18);1-5H,6-7H2;2-6,8H2,1H3.